The van der Waals surface area contributed by atoms with Crippen molar-refractivity contribution in [1.29, 1.82) is 0 Å². The lowest BCUT2D eigenvalue weighted by Crippen LogP contribution is -2.53. The zero-order valence-corrected chi connectivity index (χ0v) is 16.0. The first-order chi connectivity index (χ1) is 14.4. The average molecular weight is 404 g/mol. The van der Waals surface area contributed by atoms with E-state index in [1.165, 1.54) is 4.90 Å². The fourth-order valence-corrected chi connectivity index (χ4v) is 5.13. The Bertz CT molecular complexity index is 1090. The first-order valence-corrected chi connectivity index (χ1v) is 9.79. The van der Waals surface area contributed by atoms with Crippen molar-refractivity contribution in [2.75, 3.05) is 5.32 Å². The van der Waals surface area contributed by atoms with Crippen LogP contribution in [0.2, 0.25) is 0 Å². The second-order valence-electron chi connectivity index (χ2n) is 7.98. The van der Waals surface area contributed by atoms with Crippen LogP contribution in [0.4, 0.5) is 5.69 Å². The number of para-hydroxylation sites is 1. The molecule has 2 aromatic rings. The van der Waals surface area contributed by atoms with Gasteiger partial charge in [-0.3, -0.25) is 29.4 Å². The second-order valence-corrected chi connectivity index (χ2v) is 7.98. The van der Waals surface area contributed by atoms with Gasteiger partial charge in [-0.05, 0) is 11.6 Å². The zero-order chi connectivity index (χ0) is 21.0. The van der Waals surface area contributed by atoms with Gasteiger partial charge in [0, 0.05) is 23.7 Å². The molecule has 0 radical (unpaired) electrons. The van der Waals surface area contributed by atoms with Crippen molar-refractivity contribution in [2.45, 2.75) is 24.5 Å². The minimum Gasteiger partial charge on any atom is -0.370 e. The fourth-order valence-electron chi connectivity index (χ4n) is 5.13. The van der Waals surface area contributed by atoms with Crippen LogP contribution in [-0.2, 0) is 31.3 Å². The Morgan fingerprint density at radius 3 is 2.43 bits per heavy atom. The summed E-state index contributed by atoms with van der Waals surface area (Å²) in [7, 11) is 0. The molecule has 8 heteroatoms. The number of rotatable bonds is 4. The maximum atomic E-state index is 13.5. The highest BCUT2D eigenvalue weighted by atomic mass is 16.2. The topological polar surface area (TPSA) is 122 Å². The van der Waals surface area contributed by atoms with E-state index < -0.39 is 41.1 Å². The molecule has 1 spiro atoms. The van der Waals surface area contributed by atoms with Crippen LogP contribution in [-0.4, -0.2) is 34.6 Å². The predicted molar refractivity (Wildman–Crippen MR) is 106 cm³/mol. The number of anilines is 1. The van der Waals surface area contributed by atoms with Gasteiger partial charge in [0.2, 0.25) is 23.6 Å². The van der Waals surface area contributed by atoms with Crippen molar-refractivity contribution in [3.63, 3.8) is 0 Å². The minimum absolute atomic E-state index is 0.119. The molecule has 0 aromatic heterocycles. The van der Waals surface area contributed by atoms with Crippen LogP contribution in [0.1, 0.15) is 17.5 Å². The normalized spacial score (nSPS) is 29.3. The molecule has 4 N–H and O–H groups in total. The summed E-state index contributed by atoms with van der Waals surface area (Å²) in [5.74, 6) is -3.58. The van der Waals surface area contributed by atoms with Crippen molar-refractivity contribution in [2.24, 2.45) is 17.6 Å². The van der Waals surface area contributed by atoms with Gasteiger partial charge in [0.15, 0.2) is 0 Å². The van der Waals surface area contributed by atoms with E-state index in [0.717, 1.165) is 5.56 Å². The van der Waals surface area contributed by atoms with Crippen molar-refractivity contribution >= 4 is 29.3 Å². The summed E-state index contributed by atoms with van der Waals surface area (Å²) >= 11 is 0. The standard InChI is InChI=1S/C22H20N4O4/c23-16(27)10-15-17-18(20(29)26(19(17)28)11-12-6-2-1-3-7-12)22(25-15)13-8-4-5-9-14(13)24-21(22)30/h1-9,15,17-18,25H,10-11H2,(H2,23,27)(H,24,30)/t15-,17+,18+,22-/m0/s1. The van der Waals surface area contributed by atoms with Crippen molar-refractivity contribution in [3.05, 3.63) is 65.7 Å². The summed E-state index contributed by atoms with van der Waals surface area (Å²) in [6, 6.07) is 15.6. The highest BCUT2D eigenvalue weighted by Crippen LogP contribution is 2.53. The molecule has 0 unspecified atom stereocenters. The Morgan fingerprint density at radius 1 is 1.00 bits per heavy atom. The molecule has 5 rings (SSSR count). The van der Waals surface area contributed by atoms with E-state index >= 15 is 0 Å². The largest absolute Gasteiger partial charge is 0.370 e. The molecule has 3 aliphatic heterocycles. The van der Waals surface area contributed by atoms with Gasteiger partial charge in [0.05, 0.1) is 18.4 Å². The molecule has 4 amide bonds. The third-order valence-electron chi connectivity index (χ3n) is 6.32. The SMILES string of the molecule is NC(=O)C[C@@H]1N[C@]2(C(=O)Nc3ccccc32)[C@H]2C(=O)N(Cc3ccccc3)C(=O)[C@H]12. The third-order valence-corrected chi connectivity index (χ3v) is 6.32. The predicted octanol–water partition coefficient (Wildman–Crippen LogP) is 0.483. The lowest BCUT2D eigenvalue weighted by atomic mass is 9.76. The molecule has 3 heterocycles. The van der Waals surface area contributed by atoms with E-state index in [2.05, 4.69) is 10.6 Å². The van der Waals surface area contributed by atoms with Crippen LogP contribution < -0.4 is 16.4 Å². The van der Waals surface area contributed by atoms with Gasteiger partial charge in [-0.2, -0.15) is 0 Å². The summed E-state index contributed by atoms with van der Waals surface area (Å²) < 4.78 is 0. The maximum absolute atomic E-state index is 13.5. The Balaban J connectivity index is 1.61. The van der Waals surface area contributed by atoms with Crippen molar-refractivity contribution in [3.8, 4) is 0 Å². The number of imide groups is 1. The third kappa shape index (κ3) is 2.43. The van der Waals surface area contributed by atoms with E-state index in [9.17, 15) is 19.2 Å². The lowest BCUT2D eigenvalue weighted by molar-refractivity contribution is -0.143. The molecular formula is C22H20N4O4. The molecule has 2 aromatic carbocycles. The van der Waals surface area contributed by atoms with E-state index in [-0.39, 0.29) is 18.9 Å². The van der Waals surface area contributed by atoms with Crippen LogP contribution in [0.25, 0.3) is 0 Å². The Labute approximate surface area is 172 Å². The highest BCUT2D eigenvalue weighted by Gasteiger charge is 2.70. The summed E-state index contributed by atoms with van der Waals surface area (Å²) in [5, 5.41) is 5.99. The van der Waals surface area contributed by atoms with Crippen molar-refractivity contribution < 1.29 is 19.2 Å². The van der Waals surface area contributed by atoms with E-state index in [4.69, 9.17) is 5.73 Å². The molecule has 30 heavy (non-hydrogen) atoms. The van der Waals surface area contributed by atoms with Gasteiger partial charge < -0.3 is 11.1 Å². The van der Waals surface area contributed by atoms with E-state index in [0.29, 0.717) is 11.3 Å². The number of nitrogens with one attached hydrogen (secondary N) is 2. The molecule has 0 saturated carbocycles. The summed E-state index contributed by atoms with van der Waals surface area (Å²) in [6.07, 6.45) is -0.142. The fraction of sp³-hybridized carbons (Fsp3) is 0.273. The summed E-state index contributed by atoms with van der Waals surface area (Å²) in [4.78, 5) is 52.9. The number of fused-ring (bicyclic) bond motifs is 4. The Morgan fingerprint density at radius 2 is 1.70 bits per heavy atom. The molecule has 8 nitrogen and oxygen atoms in total. The Kier molecular flexibility index (Phi) is 4.01. The number of carbonyl (C=O) groups excluding carboxylic acids is 4. The number of hydrogen-bond acceptors (Lipinski definition) is 5. The molecule has 152 valence electrons. The van der Waals surface area contributed by atoms with Crippen LogP contribution in [0.3, 0.4) is 0 Å². The number of amides is 4. The average Bonchev–Trinajstić information content (AvgIpc) is 3.29. The molecular weight excluding hydrogens is 384 g/mol. The zero-order valence-electron chi connectivity index (χ0n) is 16.0. The summed E-state index contributed by atoms with van der Waals surface area (Å²) in [5.41, 5.74) is 6.03. The van der Waals surface area contributed by atoms with Gasteiger partial charge >= 0.3 is 0 Å². The maximum Gasteiger partial charge on any atom is 0.250 e. The van der Waals surface area contributed by atoms with Crippen LogP contribution in [0.15, 0.2) is 54.6 Å². The summed E-state index contributed by atoms with van der Waals surface area (Å²) in [6.45, 7) is 0.119. The highest BCUT2D eigenvalue weighted by molar-refractivity contribution is 6.15. The van der Waals surface area contributed by atoms with Gasteiger partial charge in [0.25, 0.3) is 0 Å². The van der Waals surface area contributed by atoms with Gasteiger partial charge in [-0.15, -0.1) is 0 Å². The van der Waals surface area contributed by atoms with E-state index in [1.807, 2.05) is 30.3 Å². The molecule has 2 saturated heterocycles. The Hall–Kier alpha value is -3.52. The van der Waals surface area contributed by atoms with Crippen LogP contribution in [0.5, 0.6) is 0 Å². The van der Waals surface area contributed by atoms with Gasteiger partial charge in [-0.1, -0.05) is 48.5 Å². The number of carbonyl (C=O) groups is 4. The smallest absolute Gasteiger partial charge is 0.250 e. The van der Waals surface area contributed by atoms with Crippen LogP contribution in [0, 0.1) is 11.8 Å². The van der Waals surface area contributed by atoms with Crippen molar-refractivity contribution in [1.82, 2.24) is 10.2 Å². The number of likely N-dealkylation sites (tertiary alicyclic amines) is 1. The molecule has 4 atom stereocenters. The number of hydrogen-bond donors (Lipinski definition) is 3. The monoisotopic (exact) mass is 404 g/mol. The quantitative estimate of drug-likeness (QED) is 0.640. The molecule has 0 aliphatic carbocycles. The molecule has 2 fully saturated rings. The molecule has 3 aliphatic rings. The number of benzene rings is 2. The second kappa shape index (κ2) is 6.50. The number of nitrogens with two attached hydrogens (primary N) is 1. The first kappa shape index (κ1) is 18.5. The van der Waals surface area contributed by atoms with Crippen LogP contribution >= 0.6 is 0 Å². The van der Waals surface area contributed by atoms with Gasteiger partial charge in [0.1, 0.15) is 5.54 Å². The van der Waals surface area contributed by atoms with E-state index in [1.54, 1.807) is 24.3 Å². The lowest BCUT2D eigenvalue weighted by Gasteiger charge is -2.29. The first-order valence-electron chi connectivity index (χ1n) is 9.79. The minimum atomic E-state index is -1.40. The number of nitrogens with zero attached hydrogens (tertiary/aromatic N) is 1. The molecule has 0 bridgehead atoms. The number of primary amides is 1. The van der Waals surface area contributed by atoms with Gasteiger partial charge in [-0.25, -0.2) is 0 Å².